The van der Waals surface area contributed by atoms with Crippen LogP contribution < -0.4 is 4.74 Å². The molecule has 0 bridgehead atoms. The Bertz CT molecular complexity index is 660. The number of carbonyl (C=O) groups is 1. The van der Waals surface area contributed by atoms with Crippen LogP contribution in [0, 0.1) is 0 Å². The number of carboxylic acid groups (broad SMARTS) is 1. The molecule has 1 N–H and O–H groups in total. The Morgan fingerprint density at radius 2 is 1.71 bits per heavy atom. The molecule has 0 aliphatic heterocycles. The van der Waals surface area contributed by atoms with Gasteiger partial charge in [-0.1, -0.05) is 42.5 Å². The van der Waals surface area contributed by atoms with E-state index in [0.29, 0.717) is 12.4 Å². The second-order valence-corrected chi connectivity index (χ2v) is 4.45. The van der Waals surface area contributed by atoms with Gasteiger partial charge in [-0.05, 0) is 23.3 Å². The maximum Gasteiger partial charge on any atom is 0.414 e. The fourth-order valence-electron chi connectivity index (χ4n) is 1.79. The number of rotatable bonds is 6. The molecule has 0 aliphatic rings. The second-order valence-electron chi connectivity index (χ2n) is 4.45. The van der Waals surface area contributed by atoms with E-state index in [-0.39, 0.29) is 12.1 Å². The van der Waals surface area contributed by atoms with Crippen LogP contribution in [0.2, 0.25) is 0 Å². The van der Waals surface area contributed by atoms with Crippen LogP contribution in [0.15, 0.2) is 54.6 Å². The van der Waals surface area contributed by atoms with Crippen molar-refractivity contribution in [1.82, 2.24) is 0 Å². The number of benzene rings is 2. The summed E-state index contributed by atoms with van der Waals surface area (Å²) in [6.07, 6.45) is 0.0603. The van der Waals surface area contributed by atoms with Gasteiger partial charge >= 0.3 is 11.7 Å². The van der Waals surface area contributed by atoms with Gasteiger partial charge in [0.25, 0.3) is 0 Å². The molecule has 2 aromatic rings. The van der Waals surface area contributed by atoms with Crippen molar-refractivity contribution in [3.8, 4) is 5.75 Å². The van der Waals surface area contributed by atoms with Crippen LogP contribution in [-0.4, -0.2) is 21.6 Å². The summed E-state index contributed by atoms with van der Waals surface area (Å²) in [6, 6.07) is 16.8. The number of hydrogen-bond donors (Lipinski definition) is 1. The highest BCUT2D eigenvalue weighted by atomic mass is 16.5. The lowest BCUT2D eigenvalue weighted by molar-refractivity contribution is -0.134. The molecule has 0 aromatic heterocycles. The zero-order valence-corrected chi connectivity index (χ0v) is 11.3. The van der Waals surface area contributed by atoms with Crippen molar-refractivity contribution in [2.75, 3.05) is 0 Å². The van der Waals surface area contributed by atoms with Crippen molar-refractivity contribution in [1.29, 1.82) is 0 Å². The molecule has 0 fully saturated rings. The Morgan fingerprint density at radius 1 is 1.05 bits per heavy atom. The fraction of sp³-hybridized carbons (Fsp3) is 0.125. The first kappa shape index (κ1) is 14.5. The summed E-state index contributed by atoms with van der Waals surface area (Å²) in [7, 11) is 0. The molecule has 0 heterocycles. The van der Waals surface area contributed by atoms with Crippen molar-refractivity contribution >= 4 is 11.7 Å². The highest BCUT2D eigenvalue weighted by molar-refractivity contribution is 6.33. The minimum absolute atomic E-state index is 0.0603. The van der Waals surface area contributed by atoms with Gasteiger partial charge in [0.2, 0.25) is 0 Å². The Morgan fingerprint density at radius 3 is 2.29 bits per heavy atom. The number of hydrogen-bond acceptors (Lipinski definition) is 2. The molecule has 0 aliphatic carbocycles. The molecule has 0 saturated heterocycles. The monoisotopic (exact) mass is 282 g/mol. The predicted molar refractivity (Wildman–Crippen MR) is 77.2 cm³/mol. The van der Waals surface area contributed by atoms with Gasteiger partial charge in [0.05, 0.1) is 6.42 Å². The molecule has 2 aromatic carbocycles. The van der Waals surface area contributed by atoms with Crippen LogP contribution in [-0.2, 0) is 17.8 Å². The molecule has 0 radical (unpaired) electrons. The minimum Gasteiger partial charge on any atom is -0.489 e. The SMILES string of the molecule is [N-]=[N+]=C(Cc1ccc(OCc2ccccc2)cc1)C(=O)O. The van der Waals surface area contributed by atoms with Gasteiger partial charge in [-0.3, -0.25) is 0 Å². The predicted octanol–water partition coefficient (Wildman–Crippen LogP) is 2.56. The van der Waals surface area contributed by atoms with E-state index in [1.54, 1.807) is 24.3 Å². The van der Waals surface area contributed by atoms with E-state index in [1.165, 1.54) is 0 Å². The zero-order valence-electron chi connectivity index (χ0n) is 11.3. The summed E-state index contributed by atoms with van der Waals surface area (Å²) in [6.45, 7) is 0.471. The lowest BCUT2D eigenvalue weighted by Crippen LogP contribution is -2.16. The highest BCUT2D eigenvalue weighted by Crippen LogP contribution is 2.14. The number of nitrogens with zero attached hydrogens (tertiary/aromatic N) is 2. The summed E-state index contributed by atoms with van der Waals surface area (Å²) in [5.74, 6) is -0.540. The molecule has 2 rings (SSSR count). The van der Waals surface area contributed by atoms with Crippen LogP contribution in [0.25, 0.3) is 5.53 Å². The minimum atomic E-state index is -1.23. The molecule has 5 heteroatoms. The van der Waals surface area contributed by atoms with Crippen molar-refractivity contribution in [2.45, 2.75) is 13.0 Å². The van der Waals surface area contributed by atoms with E-state index in [2.05, 4.69) is 4.79 Å². The summed E-state index contributed by atoms with van der Waals surface area (Å²) in [4.78, 5) is 13.5. The fourth-order valence-corrected chi connectivity index (χ4v) is 1.79. The van der Waals surface area contributed by atoms with E-state index in [0.717, 1.165) is 11.1 Å². The second kappa shape index (κ2) is 7.03. The maximum absolute atomic E-state index is 10.7. The van der Waals surface area contributed by atoms with Gasteiger partial charge in [-0.15, -0.1) is 0 Å². The van der Waals surface area contributed by atoms with Gasteiger partial charge < -0.3 is 15.4 Å². The third-order valence-corrected chi connectivity index (χ3v) is 2.91. The molecular formula is C16H14N2O3. The summed E-state index contributed by atoms with van der Waals surface area (Å²) >= 11 is 0. The smallest absolute Gasteiger partial charge is 0.414 e. The van der Waals surface area contributed by atoms with Gasteiger partial charge in [0, 0.05) is 0 Å². The Balaban J connectivity index is 1.96. The van der Waals surface area contributed by atoms with Crippen LogP contribution in [0.1, 0.15) is 11.1 Å². The van der Waals surface area contributed by atoms with Crippen molar-refractivity contribution < 1.29 is 19.4 Å². The molecule has 5 nitrogen and oxygen atoms in total. The normalized spacial score (nSPS) is 9.71. The number of carboxylic acids is 1. The van der Waals surface area contributed by atoms with Gasteiger partial charge in [-0.2, -0.15) is 4.79 Å². The number of aliphatic carboxylic acids is 1. The highest BCUT2D eigenvalue weighted by Gasteiger charge is 2.18. The third kappa shape index (κ3) is 4.30. The third-order valence-electron chi connectivity index (χ3n) is 2.91. The topological polar surface area (TPSA) is 82.9 Å². The van der Waals surface area contributed by atoms with Gasteiger partial charge in [0.15, 0.2) is 0 Å². The van der Waals surface area contributed by atoms with Crippen molar-refractivity contribution in [3.63, 3.8) is 0 Å². The van der Waals surface area contributed by atoms with E-state index >= 15 is 0 Å². The first-order valence-corrected chi connectivity index (χ1v) is 6.39. The molecule has 0 spiro atoms. The number of ether oxygens (including phenoxy) is 1. The maximum atomic E-state index is 10.7. The van der Waals surface area contributed by atoms with Gasteiger partial charge in [0.1, 0.15) is 12.4 Å². The standard InChI is InChI=1S/C16H14N2O3/c17-18-15(16(19)20)10-12-6-8-14(9-7-12)21-11-13-4-2-1-3-5-13/h1-9H,10-11H2,(H,19,20). The lowest BCUT2D eigenvalue weighted by atomic mass is 10.1. The Labute approximate surface area is 122 Å². The molecule has 0 atom stereocenters. The first-order chi connectivity index (χ1) is 10.2. The molecule has 0 saturated carbocycles. The van der Waals surface area contributed by atoms with Crippen LogP contribution in [0.3, 0.4) is 0 Å². The molecule has 106 valence electrons. The van der Waals surface area contributed by atoms with Crippen LogP contribution >= 0.6 is 0 Å². The van der Waals surface area contributed by atoms with Crippen molar-refractivity contribution in [2.24, 2.45) is 0 Å². The first-order valence-electron chi connectivity index (χ1n) is 6.39. The van der Waals surface area contributed by atoms with Crippen LogP contribution in [0.5, 0.6) is 5.75 Å². The van der Waals surface area contributed by atoms with E-state index in [1.807, 2.05) is 30.3 Å². The van der Waals surface area contributed by atoms with Crippen LogP contribution in [0.4, 0.5) is 0 Å². The summed E-state index contributed by atoms with van der Waals surface area (Å²) < 4.78 is 5.63. The zero-order chi connectivity index (χ0) is 15.1. The largest absolute Gasteiger partial charge is 0.489 e. The molecule has 21 heavy (non-hydrogen) atoms. The van der Waals surface area contributed by atoms with E-state index in [9.17, 15) is 4.79 Å². The molecule has 0 amide bonds. The average molecular weight is 282 g/mol. The lowest BCUT2D eigenvalue weighted by Gasteiger charge is -2.06. The average Bonchev–Trinajstić information content (AvgIpc) is 2.52. The molecule has 0 unspecified atom stereocenters. The van der Waals surface area contributed by atoms with Gasteiger partial charge in [-0.25, -0.2) is 4.79 Å². The van der Waals surface area contributed by atoms with E-state index in [4.69, 9.17) is 15.4 Å². The summed E-state index contributed by atoms with van der Waals surface area (Å²) in [5, 5.41) is 8.78. The molecular weight excluding hydrogens is 268 g/mol. The van der Waals surface area contributed by atoms with Crippen molar-refractivity contribution in [3.05, 3.63) is 71.3 Å². The van der Waals surface area contributed by atoms with E-state index < -0.39 is 5.97 Å². The Kier molecular flexibility index (Phi) is 4.85. The quantitative estimate of drug-likeness (QED) is 0.502. The Hall–Kier alpha value is -2.91. The summed E-state index contributed by atoms with van der Waals surface area (Å²) in [5.41, 5.74) is 10.1.